The van der Waals surface area contributed by atoms with E-state index in [2.05, 4.69) is 194 Å². The van der Waals surface area contributed by atoms with Gasteiger partial charge in [0.15, 0.2) is 0 Å². The lowest BCUT2D eigenvalue weighted by atomic mass is 9.82. The van der Waals surface area contributed by atoms with Crippen molar-refractivity contribution in [1.29, 1.82) is 0 Å². The van der Waals surface area contributed by atoms with Crippen molar-refractivity contribution in [3.63, 3.8) is 0 Å². The number of rotatable bonds is 5. The first kappa shape index (κ1) is 28.0. The Bertz CT molecular complexity index is 2520. The van der Waals surface area contributed by atoms with Gasteiger partial charge in [-0.15, -0.1) is 0 Å². The molecule has 9 aromatic carbocycles. The minimum atomic E-state index is 1.20. The lowest BCUT2D eigenvalue weighted by molar-refractivity contribution is 1.57. The summed E-state index contributed by atoms with van der Waals surface area (Å²) in [5.74, 6) is 0. The van der Waals surface area contributed by atoms with Crippen LogP contribution in [0.25, 0.3) is 88.0 Å². The van der Waals surface area contributed by atoms with Gasteiger partial charge in [-0.05, 0) is 100 Å². The lowest BCUT2D eigenvalue weighted by Gasteiger charge is -2.20. The highest BCUT2D eigenvalue weighted by molar-refractivity contribution is 6.22. The van der Waals surface area contributed by atoms with Gasteiger partial charge in [-0.3, -0.25) is 0 Å². The molecule has 9 rings (SSSR count). The van der Waals surface area contributed by atoms with Crippen molar-refractivity contribution >= 4 is 32.3 Å². The fourth-order valence-electron chi connectivity index (χ4n) is 7.36. The van der Waals surface area contributed by atoms with E-state index in [4.69, 9.17) is 0 Å². The monoisotopic (exact) mass is 608 g/mol. The first-order chi connectivity index (χ1) is 23.8. The lowest BCUT2D eigenvalue weighted by Crippen LogP contribution is -1.93. The van der Waals surface area contributed by atoms with Gasteiger partial charge in [0.1, 0.15) is 0 Å². The van der Waals surface area contributed by atoms with Gasteiger partial charge < -0.3 is 0 Å². The molecule has 0 amide bonds. The fourth-order valence-corrected chi connectivity index (χ4v) is 7.36. The summed E-state index contributed by atoms with van der Waals surface area (Å²) in [6, 6.07) is 70.8. The van der Waals surface area contributed by atoms with Crippen LogP contribution in [0.15, 0.2) is 194 Å². The molecule has 0 bridgehead atoms. The van der Waals surface area contributed by atoms with Crippen molar-refractivity contribution in [1.82, 2.24) is 0 Å². The van der Waals surface area contributed by atoms with Crippen LogP contribution in [0, 0.1) is 0 Å². The van der Waals surface area contributed by atoms with Crippen LogP contribution < -0.4 is 0 Å². The van der Waals surface area contributed by atoms with E-state index < -0.39 is 0 Å². The van der Waals surface area contributed by atoms with Gasteiger partial charge in [-0.1, -0.05) is 182 Å². The number of hydrogen-bond acceptors (Lipinski definition) is 0. The molecule has 48 heavy (non-hydrogen) atoms. The molecule has 0 saturated carbocycles. The third-order valence-corrected chi connectivity index (χ3v) is 9.67. The molecule has 0 radical (unpaired) electrons. The average molecular weight is 609 g/mol. The average Bonchev–Trinajstić information content (AvgIpc) is 3.17. The largest absolute Gasteiger partial charge is 0.0622 e. The summed E-state index contributed by atoms with van der Waals surface area (Å²) in [5, 5.41) is 7.55. The van der Waals surface area contributed by atoms with E-state index in [9.17, 15) is 0 Å². The van der Waals surface area contributed by atoms with Crippen LogP contribution in [-0.4, -0.2) is 0 Å². The first-order valence-electron chi connectivity index (χ1n) is 16.6. The number of hydrogen-bond donors (Lipinski definition) is 0. The molecule has 0 nitrogen and oxygen atoms in total. The third kappa shape index (κ3) is 4.87. The second kappa shape index (κ2) is 11.8. The molecule has 0 unspecified atom stereocenters. The SMILES string of the molecule is c1ccc(-c2ccc(-c3ccc(-c4ccc5ccccc5c4)cc3-c3c4ccccc4c(-c4ccccc4)c4ccccc34)cc2)cc1. The standard InChI is InChI=1S/C48H32/c1-3-13-33(14-4-1)35-23-26-36(27-24-35)41-30-29-40(39-28-25-34-15-7-8-18-38(34)31-39)32-46(41)48-44-21-11-9-19-42(44)47(37-16-5-2-6-17-37)43-20-10-12-22-45(43)48/h1-32H. The van der Waals surface area contributed by atoms with Crippen molar-refractivity contribution in [3.05, 3.63) is 194 Å². The summed E-state index contributed by atoms with van der Waals surface area (Å²) in [6.07, 6.45) is 0. The van der Waals surface area contributed by atoms with E-state index in [-0.39, 0.29) is 0 Å². The maximum absolute atomic E-state index is 2.42. The van der Waals surface area contributed by atoms with Gasteiger partial charge >= 0.3 is 0 Å². The Balaban J connectivity index is 1.33. The molecule has 224 valence electrons. The zero-order valence-electron chi connectivity index (χ0n) is 26.5. The summed E-state index contributed by atoms with van der Waals surface area (Å²) in [5.41, 5.74) is 12.3. The minimum absolute atomic E-state index is 1.20. The fraction of sp³-hybridized carbons (Fsp3) is 0. The van der Waals surface area contributed by atoms with Gasteiger partial charge in [-0.2, -0.15) is 0 Å². The van der Waals surface area contributed by atoms with Gasteiger partial charge in [0.2, 0.25) is 0 Å². The van der Waals surface area contributed by atoms with Crippen LogP contribution in [0.4, 0.5) is 0 Å². The van der Waals surface area contributed by atoms with Gasteiger partial charge in [0, 0.05) is 0 Å². The first-order valence-corrected chi connectivity index (χ1v) is 16.6. The van der Waals surface area contributed by atoms with E-state index >= 15 is 0 Å². The molecule has 0 aliphatic carbocycles. The third-order valence-electron chi connectivity index (χ3n) is 9.67. The molecule has 0 heterocycles. The Morgan fingerprint density at radius 1 is 0.208 bits per heavy atom. The van der Waals surface area contributed by atoms with Crippen LogP contribution in [0.3, 0.4) is 0 Å². The van der Waals surface area contributed by atoms with Gasteiger partial charge in [-0.25, -0.2) is 0 Å². The minimum Gasteiger partial charge on any atom is -0.0622 e. The Hall–Kier alpha value is -6.24. The van der Waals surface area contributed by atoms with E-state index in [1.54, 1.807) is 0 Å². The van der Waals surface area contributed by atoms with Crippen LogP contribution in [0.1, 0.15) is 0 Å². The van der Waals surface area contributed by atoms with Crippen LogP contribution in [-0.2, 0) is 0 Å². The zero-order chi connectivity index (χ0) is 31.9. The van der Waals surface area contributed by atoms with Crippen LogP contribution in [0.2, 0.25) is 0 Å². The topological polar surface area (TPSA) is 0 Å². The highest BCUT2D eigenvalue weighted by Gasteiger charge is 2.19. The van der Waals surface area contributed by atoms with E-state index in [1.807, 2.05) is 0 Å². The number of fused-ring (bicyclic) bond motifs is 3. The molecular weight excluding hydrogens is 577 g/mol. The highest BCUT2D eigenvalue weighted by atomic mass is 14.2. The quantitative estimate of drug-likeness (QED) is 0.171. The van der Waals surface area contributed by atoms with Crippen molar-refractivity contribution in [3.8, 4) is 55.6 Å². The molecule has 0 fully saturated rings. The second-order valence-electron chi connectivity index (χ2n) is 12.5. The van der Waals surface area contributed by atoms with Crippen molar-refractivity contribution in [2.45, 2.75) is 0 Å². The number of benzene rings is 9. The maximum atomic E-state index is 2.42. The molecule has 0 aromatic heterocycles. The molecule has 0 aliphatic heterocycles. The predicted molar refractivity (Wildman–Crippen MR) is 206 cm³/mol. The smallest absolute Gasteiger partial charge is 0.00199 e. The van der Waals surface area contributed by atoms with Crippen molar-refractivity contribution < 1.29 is 0 Å². The maximum Gasteiger partial charge on any atom is -0.00199 e. The summed E-state index contributed by atoms with van der Waals surface area (Å²) < 4.78 is 0. The molecule has 0 saturated heterocycles. The van der Waals surface area contributed by atoms with Gasteiger partial charge in [0.05, 0.1) is 0 Å². The summed E-state index contributed by atoms with van der Waals surface area (Å²) in [4.78, 5) is 0. The summed E-state index contributed by atoms with van der Waals surface area (Å²) in [7, 11) is 0. The molecular formula is C48H32. The molecule has 0 aliphatic rings. The van der Waals surface area contributed by atoms with E-state index in [0.717, 1.165) is 0 Å². The van der Waals surface area contributed by atoms with E-state index in [0.29, 0.717) is 0 Å². The van der Waals surface area contributed by atoms with Crippen molar-refractivity contribution in [2.24, 2.45) is 0 Å². The zero-order valence-corrected chi connectivity index (χ0v) is 26.5. The van der Waals surface area contributed by atoms with Crippen molar-refractivity contribution in [2.75, 3.05) is 0 Å². The second-order valence-corrected chi connectivity index (χ2v) is 12.5. The Morgan fingerprint density at radius 3 is 1.29 bits per heavy atom. The summed E-state index contributed by atoms with van der Waals surface area (Å²) in [6.45, 7) is 0. The Kier molecular flexibility index (Phi) is 6.91. The molecule has 0 atom stereocenters. The summed E-state index contributed by atoms with van der Waals surface area (Å²) >= 11 is 0. The van der Waals surface area contributed by atoms with Crippen LogP contribution >= 0.6 is 0 Å². The molecule has 0 N–H and O–H groups in total. The van der Waals surface area contributed by atoms with E-state index in [1.165, 1.54) is 88.0 Å². The molecule has 0 spiro atoms. The van der Waals surface area contributed by atoms with Crippen LogP contribution in [0.5, 0.6) is 0 Å². The normalized spacial score (nSPS) is 11.3. The Morgan fingerprint density at radius 2 is 0.646 bits per heavy atom. The predicted octanol–water partition coefficient (Wildman–Crippen LogP) is 13.5. The molecule has 9 aromatic rings. The highest BCUT2D eigenvalue weighted by Crippen LogP contribution is 2.47. The Labute approximate surface area is 281 Å². The van der Waals surface area contributed by atoms with Gasteiger partial charge in [0.25, 0.3) is 0 Å². The molecule has 0 heteroatoms.